The molecule has 0 N–H and O–H groups in total. The first-order valence-electron chi connectivity index (χ1n) is 7.96. The van der Waals surface area contributed by atoms with Gasteiger partial charge < -0.3 is 19.1 Å². The first-order valence-corrected chi connectivity index (χ1v) is 7.96. The quantitative estimate of drug-likeness (QED) is 0.259. The summed E-state index contributed by atoms with van der Waals surface area (Å²) in [5.41, 5.74) is -0.00869. The van der Waals surface area contributed by atoms with Gasteiger partial charge in [-0.15, -0.1) is 0 Å². The molecule has 0 aliphatic carbocycles. The van der Waals surface area contributed by atoms with Gasteiger partial charge in [0.15, 0.2) is 0 Å². The van der Waals surface area contributed by atoms with Gasteiger partial charge in [-0.05, 0) is 30.5 Å². The number of hydrogen-bond donors (Lipinski definition) is 0. The highest BCUT2D eigenvalue weighted by molar-refractivity contribution is 5.71. The second-order valence-corrected chi connectivity index (χ2v) is 5.05. The largest absolute Gasteiger partial charge is 0.491 e. The number of para-hydroxylation sites is 1. The van der Waals surface area contributed by atoms with Gasteiger partial charge >= 0.3 is 5.97 Å². The van der Waals surface area contributed by atoms with Crippen molar-refractivity contribution in [2.45, 2.75) is 0 Å². The molecular weight excluding hydrogens is 334 g/mol. The minimum atomic E-state index is -0.397. The molecule has 0 bridgehead atoms. The van der Waals surface area contributed by atoms with Crippen molar-refractivity contribution >= 4 is 5.97 Å². The topological polar surface area (TPSA) is 95.6 Å². The van der Waals surface area contributed by atoms with E-state index in [9.17, 15) is 4.79 Å². The standard InChI is InChI=1S/C19H21N3O4/c1-22(9-5-6-17(14-20)15-21)16-19(23)26-13-11-24-10-12-25-18-7-3-2-4-8-18/h2-9H,10-13,16H2,1H3. The minimum Gasteiger partial charge on any atom is -0.491 e. The van der Waals surface area contributed by atoms with Gasteiger partial charge in [0, 0.05) is 7.05 Å². The predicted octanol–water partition coefficient (Wildman–Crippen LogP) is 2.04. The lowest BCUT2D eigenvalue weighted by Crippen LogP contribution is -2.24. The van der Waals surface area contributed by atoms with Crippen LogP contribution in [0.4, 0.5) is 0 Å². The Morgan fingerprint density at radius 2 is 1.81 bits per heavy atom. The lowest BCUT2D eigenvalue weighted by Gasteiger charge is -2.13. The fourth-order valence-corrected chi connectivity index (χ4v) is 1.74. The number of benzene rings is 1. The number of nitriles is 2. The van der Waals surface area contributed by atoms with Crippen LogP contribution in [0.2, 0.25) is 0 Å². The Kier molecular flexibility index (Phi) is 10.4. The van der Waals surface area contributed by atoms with Gasteiger partial charge in [-0.1, -0.05) is 18.2 Å². The van der Waals surface area contributed by atoms with Crippen LogP contribution in [0.1, 0.15) is 0 Å². The molecule has 26 heavy (non-hydrogen) atoms. The molecule has 0 atom stereocenters. The molecule has 7 heteroatoms. The number of allylic oxidation sites excluding steroid dienone is 3. The third kappa shape index (κ3) is 9.76. The van der Waals surface area contributed by atoms with Crippen LogP contribution in [-0.4, -0.2) is 50.9 Å². The second-order valence-electron chi connectivity index (χ2n) is 5.05. The molecule has 0 fully saturated rings. The molecule has 0 aliphatic rings. The van der Waals surface area contributed by atoms with Crippen molar-refractivity contribution in [3.63, 3.8) is 0 Å². The van der Waals surface area contributed by atoms with Crippen LogP contribution in [0, 0.1) is 22.7 Å². The highest BCUT2D eigenvalue weighted by atomic mass is 16.6. The molecule has 7 nitrogen and oxygen atoms in total. The smallest absolute Gasteiger partial charge is 0.325 e. The third-order valence-corrected chi connectivity index (χ3v) is 2.95. The highest BCUT2D eigenvalue weighted by Gasteiger charge is 2.04. The van der Waals surface area contributed by atoms with E-state index in [1.165, 1.54) is 12.2 Å². The molecule has 1 aromatic carbocycles. The van der Waals surface area contributed by atoms with E-state index >= 15 is 0 Å². The van der Waals surface area contributed by atoms with Crippen LogP contribution in [0.3, 0.4) is 0 Å². The molecular formula is C19H21N3O4. The molecule has 136 valence electrons. The predicted molar refractivity (Wildman–Crippen MR) is 94.8 cm³/mol. The van der Waals surface area contributed by atoms with Gasteiger partial charge in [0.1, 0.15) is 43.2 Å². The van der Waals surface area contributed by atoms with E-state index in [2.05, 4.69) is 0 Å². The van der Waals surface area contributed by atoms with E-state index in [4.69, 9.17) is 24.7 Å². The first kappa shape index (κ1) is 20.8. The van der Waals surface area contributed by atoms with Gasteiger partial charge in [0.25, 0.3) is 0 Å². The second kappa shape index (κ2) is 13.1. The Balaban J connectivity index is 2.07. The number of rotatable bonds is 11. The maximum Gasteiger partial charge on any atom is 0.325 e. The molecule has 1 rings (SSSR count). The van der Waals surface area contributed by atoms with Crippen molar-refractivity contribution in [2.24, 2.45) is 0 Å². The van der Waals surface area contributed by atoms with Crippen LogP contribution in [0.5, 0.6) is 5.75 Å². The fourth-order valence-electron chi connectivity index (χ4n) is 1.74. The number of esters is 1. The Morgan fingerprint density at radius 1 is 1.12 bits per heavy atom. The Hall–Kier alpha value is -3.29. The monoisotopic (exact) mass is 355 g/mol. The number of carbonyl (C=O) groups excluding carboxylic acids is 1. The van der Waals surface area contributed by atoms with Crippen molar-refractivity contribution < 1.29 is 19.0 Å². The van der Waals surface area contributed by atoms with Crippen LogP contribution in [0.15, 0.2) is 54.3 Å². The fraction of sp³-hybridized carbons (Fsp3) is 0.316. The minimum absolute atomic E-state index is 0.00869. The van der Waals surface area contributed by atoms with Gasteiger partial charge in [-0.3, -0.25) is 4.79 Å². The van der Waals surface area contributed by atoms with E-state index in [1.54, 1.807) is 30.3 Å². The van der Waals surface area contributed by atoms with Crippen molar-refractivity contribution in [2.75, 3.05) is 40.0 Å². The molecule has 0 radical (unpaired) electrons. The van der Waals surface area contributed by atoms with Crippen LogP contribution < -0.4 is 4.74 Å². The molecule has 1 aromatic rings. The van der Waals surface area contributed by atoms with E-state index in [-0.39, 0.29) is 18.7 Å². The van der Waals surface area contributed by atoms with Crippen LogP contribution in [0.25, 0.3) is 0 Å². The van der Waals surface area contributed by atoms with Gasteiger partial charge in [-0.2, -0.15) is 10.5 Å². The zero-order valence-electron chi connectivity index (χ0n) is 14.6. The summed E-state index contributed by atoms with van der Waals surface area (Å²) in [4.78, 5) is 13.2. The summed E-state index contributed by atoms with van der Waals surface area (Å²) in [6.07, 6.45) is 4.46. The summed E-state index contributed by atoms with van der Waals surface area (Å²) in [5, 5.41) is 17.2. The molecule has 0 amide bonds. The average molecular weight is 355 g/mol. The van der Waals surface area contributed by atoms with Gasteiger partial charge in [-0.25, -0.2) is 0 Å². The van der Waals surface area contributed by atoms with Crippen molar-refractivity contribution in [1.82, 2.24) is 4.90 Å². The Morgan fingerprint density at radius 3 is 2.50 bits per heavy atom. The lowest BCUT2D eigenvalue weighted by atomic mass is 10.3. The van der Waals surface area contributed by atoms with Crippen molar-refractivity contribution in [3.8, 4) is 17.9 Å². The normalized spacial score (nSPS) is 9.81. The van der Waals surface area contributed by atoms with Crippen molar-refractivity contribution in [1.29, 1.82) is 10.5 Å². The molecule has 0 aromatic heterocycles. The lowest BCUT2D eigenvalue weighted by molar-refractivity contribution is -0.145. The molecule has 0 aliphatic heterocycles. The zero-order valence-corrected chi connectivity index (χ0v) is 14.6. The molecule has 0 unspecified atom stereocenters. The SMILES string of the molecule is CN(C=CC=C(C#N)C#N)CC(=O)OCCOCCOc1ccccc1. The number of hydrogen-bond acceptors (Lipinski definition) is 7. The molecule has 0 spiro atoms. The Bertz CT molecular complexity index is 671. The van der Waals surface area contributed by atoms with E-state index in [0.717, 1.165) is 5.75 Å². The van der Waals surface area contributed by atoms with E-state index in [1.807, 2.05) is 30.3 Å². The van der Waals surface area contributed by atoms with E-state index < -0.39 is 5.97 Å². The summed E-state index contributed by atoms with van der Waals surface area (Å²) < 4.78 is 15.8. The number of ether oxygens (including phenoxy) is 3. The molecule has 0 saturated heterocycles. The van der Waals surface area contributed by atoms with Crippen molar-refractivity contribution in [3.05, 3.63) is 54.3 Å². The summed E-state index contributed by atoms with van der Waals surface area (Å²) >= 11 is 0. The van der Waals surface area contributed by atoms with Gasteiger partial charge in [0.05, 0.1) is 13.2 Å². The number of likely N-dealkylation sites (N-methyl/N-ethyl adjacent to an activating group) is 1. The van der Waals surface area contributed by atoms with Crippen LogP contribution in [-0.2, 0) is 14.3 Å². The first-order chi connectivity index (χ1) is 12.7. The average Bonchev–Trinajstić information content (AvgIpc) is 2.65. The molecule has 0 heterocycles. The Labute approximate surface area is 153 Å². The van der Waals surface area contributed by atoms with Crippen LogP contribution >= 0.6 is 0 Å². The maximum atomic E-state index is 11.6. The summed E-state index contributed by atoms with van der Waals surface area (Å²) in [6, 6.07) is 12.9. The maximum absolute atomic E-state index is 11.6. The summed E-state index contributed by atoms with van der Waals surface area (Å²) in [6.45, 7) is 1.33. The number of nitrogens with zero attached hydrogens (tertiary/aromatic N) is 3. The summed E-state index contributed by atoms with van der Waals surface area (Å²) in [5.74, 6) is 0.385. The van der Waals surface area contributed by atoms with Gasteiger partial charge in [0.2, 0.25) is 0 Å². The highest BCUT2D eigenvalue weighted by Crippen LogP contribution is 2.07. The zero-order chi connectivity index (χ0) is 19.0. The molecule has 0 saturated carbocycles. The summed E-state index contributed by atoms with van der Waals surface area (Å²) in [7, 11) is 1.68. The number of carbonyl (C=O) groups is 1. The third-order valence-electron chi connectivity index (χ3n) is 2.95. The van der Waals surface area contributed by atoms with E-state index in [0.29, 0.717) is 19.8 Å².